The molecule has 0 saturated heterocycles. The van der Waals surface area contributed by atoms with Gasteiger partial charge in [0.05, 0.1) is 11.5 Å². The van der Waals surface area contributed by atoms with Crippen LogP contribution in [-0.2, 0) is 20.1 Å². The number of nitrogens with zero attached hydrogens (tertiary/aromatic N) is 4. The van der Waals surface area contributed by atoms with Crippen LogP contribution in [0.5, 0.6) is 0 Å². The Bertz CT molecular complexity index is 599. The summed E-state index contributed by atoms with van der Waals surface area (Å²) in [5.74, 6) is 0.687. The molecule has 0 aliphatic carbocycles. The first kappa shape index (κ1) is 13.6. The third-order valence-electron chi connectivity index (χ3n) is 2.41. The van der Waals surface area contributed by atoms with Crippen molar-refractivity contribution in [3.8, 4) is 0 Å². The number of aryl methyl sites for hydroxylation is 1. The SMILES string of the molecule is Cn1cnc(CNCc2cc(Br)cc([N+](=O)[O-])c2)n1. The van der Waals surface area contributed by atoms with Crippen LogP contribution in [0.3, 0.4) is 0 Å². The van der Waals surface area contributed by atoms with Crippen LogP contribution in [0.25, 0.3) is 0 Å². The van der Waals surface area contributed by atoms with Gasteiger partial charge in [-0.05, 0) is 11.6 Å². The lowest BCUT2D eigenvalue weighted by Crippen LogP contribution is -2.14. The number of benzene rings is 1. The first-order chi connectivity index (χ1) is 9.04. The molecule has 1 aromatic heterocycles. The summed E-state index contributed by atoms with van der Waals surface area (Å²) in [6.45, 7) is 1.03. The number of hydrogen-bond donors (Lipinski definition) is 1. The summed E-state index contributed by atoms with van der Waals surface area (Å²) in [6, 6.07) is 4.86. The summed E-state index contributed by atoms with van der Waals surface area (Å²) >= 11 is 3.26. The fourth-order valence-electron chi connectivity index (χ4n) is 1.62. The molecule has 0 aliphatic heterocycles. The number of nitro groups is 1. The van der Waals surface area contributed by atoms with Crippen molar-refractivity contribution in [3.63, 3.8) is 0 Å². The third-order valence-corrected chi connectivity index (χ3v) is 2.87. The fraction of sp³-hybridized carbons (Fsp3) is 0.273. The first-order valence-corrected chi connectivity index (χ1v) is 6.33. The van der Waals surface area contributed by atoms with Crippen molar-refractivity contribution in [3.05, 3.63) is 50.5 Å². The maximum Gasteiger partial charge on any atom is 0.270 e. The average molecular weight is 326 g/mol. The molecule has 1 aromatic carbocycles. The van der Waals surface area contributed by atoms with Gasteiger partial charge < -0.3 is 5.32 Å². The minimum atomic E-state index is -0.408. The van der Waals surface area contributed by atoms with Crippen molar-refractivity contribution in [2.75, 3.05) is 0 Å². The van der Waals surface area contributed by atoms with E-state index < -0.39 is 4.92 Å². The van der Waals surface area contributed by atoms with E-state index in [9.17, 15) is 10.1 Å². The molecule has 2 rings (SSSR count). The second-order valence-corrected chi connectivity index (χ2v) is 4.93. The van der Waals surface area contributed by atoms with Gasteiger partial charge in [0.1, 0.15) is 6.33 Å². The van der Waals surface area contributed by atoms with Crippen molar-refractivity contribution in [1.82, 2.24) is 20.1 Å². The minimum Gasteiger partial charge on any atom is -0.306 e. The van der Waals surface area contributed by atoms with Gasteiger partial charge >= 0.3 is 0 Å². The molecule has 0 unspecified atom stereocenters. The number of rotatable bonds is 5. The molecule has 0 fully saturated rings. The Hall–Kier alpha value is -1.80. The van der Waals surface area contributed by atoms with Gasteiger partial charge in [0.25, 0.3) is 5.69 Å². The summed E-state index contributed by atoms with van der Waals surface area (Å²) in [7, 11) is 1.80. The Morgan fingerprint density at radius 1 is 1.42 bits per heavy atom. The molecule has 19 heavy (non-hydrogen) atoms. The number of nitrogens with one attached hydrogen (secondary N) is 1. The average Bonchev–Trinajstić information content (AvgIpc) is 2.74. The molecule has 0 amide bonds. The summed E-state index contributed by atoms with van der Waals surface area (Å²) in [5, 5.41) is 18.0. The summed E-state index contributed by atoms with van der Waals surface area (Å²) in [4.78, 5) is 14.4. The van der Waals surface area contributed by atoms with E-state index >= 15 is 0 Å². The van der Waals surface area contributed by atoms with Crippen LogP contribution in [0.1, 0.15) is 11.4 Å². The predicted molar refractivity (Wildman–Crippen MR) is 72.3 cm³/mol. The van der Waals surface area contributed by atoms with E-state index in [0.717, 1.165) is 5.56 Å². The van der Waals surface area contributed by atoms with Gasteiger partial charge in [0, 0.05) is 30.2 Å². The zero-order chi connectivity index (χ0) is 13.8. The fourth-order valence-corrected chi connectivity index (χ4v) is 2.15. The van der Waals surface area contributed by atoms with E-state index in [-0.39, 0.29) is 5.69 Å². The molecule has 0 spiro atoms. The maximum absolute atomic E-state index is 10.7. The van der Waals surface area contributed by atoms with Crippen molar-refractivity contribution >= 4 is 21.6 Å². The van der Waals surface area contributed by atoms with Crippen molar-refractivity contribution < 1.29 is 4.92 Å². The number of non-ortho nitro benzene ring substituents is 1. The van der Waals surface area contributed by atoms with Crippen LogP contribution in [-0.4, -0.2) is 19.7 Å². The van der Waals surface area contributed by atoms with Crippen LogP contribution in [0.15, 0.2) is 29.0 Å². The largest absolute Gasteiger partial charge is 0.306 e. The lowest BCUT2D eigenvalue weighted by molar-refractivity contribution is -0.385. The molecule has 1 heterocycles. The quantitative estimate of drug-likeness (QED) is 0.668. The number of hydrogen-bond acceptors (Lipinski definition) is 5. The van der Waals surface area contributed by atoms with Crippen molar-refractivity contribution in [2.45, 2.75) is 13.1 Å². The second-order valence-electron chi connectivity index (χ2n) is 4.01. The van der Waals surface area contributed by atoms with Crippen LogP contribution < -0.4 is 5.32 Å². The minimum absolute atomic E-state index is 0.0714. The predicted octanol–water partition coefficient (Wildman–Crippen LogP) is 1.78. The van der Waals surface area contributed by atoms with E-state index in [0.29, 0.717) is 23.4 Å². The molecule has 0 radical (unpaired) electrons. The van der Waals surface area contributed by atoms with Gasteiger partial charge in [0.2, 0.25) is 0 Å². The van der Waals surface area contributed by atoms with E-state index in [1.54, 1.807) is 24.1 Å². The topological polar surface area (TPSA) is 85.9 Å². The van der Waals surface area contributed by atoms with E-state index in [2.05, 4.69) is 31.3 Å². The number of nitro benzene ring substituents is 1. The first-order valence-electron chi connectivity index (χ1n) is 5.53. The van der Waals surface area contributed by atoms with Crippen LogP contribution in [0.4, 0.5) is 5.69 Å². The normalized spacial score (nSPS) is 10.6. The van der Waals surface area contributed by atoms with Gasteiger partial charge in [-0.3, -0.25) is 14.8 Å². The summed E-state index contributed by atoms with van der Waals surface area (Å²) in [5.41, 5.74) is 0.902. The molecule has 1 N–H and O–H groups in total. The number of halogens is 1. The van der Waals surface area contributed by atoms with Crippen LogP contribution >= 0.6 is 15.9 Å². The molecule has 100 valence electrons. The Balaban J connectivity index is 1.97. The van der Waals surface area contributed by atoms with Crippen LogP contribution in [0.2, 0.25) is 0 Å². The second kappa shape index (κ2) is 5.89. The highest BCUT2D eigenvalue weighted by Gasteiger charge is 2.08. The van der Waals surface area contributed by atoms with Crippen molar-refractivity contribution in [2.24, 2.45) is 7.05 Å². The molecule has 0 bridgehead atoms. The molecule has 0 saturated carbocycles. The molecular formula is C11H12BrN5O2. The summed E-state index contributed by atoms with van der Waals surface area (Å²) < 4.78 is 2.32. The smallest absolute Gasteiger partial charge is 0.270 e. The van der Waals surface area contributed by atoms with E-state index in [1.165, 1.54) is 6.07 Å². The molecule has 0 atom stereocenters. The summed E-state index contributed by atoms with van der Waals surface area (Å²) in [6.07, 6.45) is 1.63. The highest BCUT2D eigenvalue weighted by molar-refractivity contribution is 9.10. The molecule has 7 nitrogen and oxygen atoms in total. The van der Waals surface area contributed by atoms with Crippen LogP contribution in [0, 0.1) is 10.1 Å². The highest BCUT2D eigenvalue weighted by Crippen LogP contribution is 2.21. The molecule has 2 aromatic rings. The lowest BCUT2D eigenvalue weighted by Gasteiger charge is -2.03. The standard InChI is InChI=1S/C11H12BrN5O2/c1-16-7-14-11(15-16)6-13-5-8-2-9(12)4-10(3-8)17(18)19/h2-4,7,13H,5-6H2,1H3. The molecule has 8 heteroatoms. The monoisotopic (exact) mass is 325 g/mol. The van der Waals surface area contributed by atoms with Gasteiger partial charge in [-0.1, -0.05) is 15.9 Å². The van der Waals surface area contributed by atoms with Gasteiger partial charge in [0.15, 0.2) is 5.82 Å². The Labute approximate surface area is 117 Å². The van der Waals surface area contributed by atoms with E-state index in [4.69, 9.17) is 0 Å². The molecule has 0 aliphatic rings. The van der Waals surface area contributed by atoms with E-state index in [1.807, 2.05) is 6.07 Å². The zero-order valence-corrected chi connectivity index (χ0v) is 11.8. The lowest BCUT2D eigenvalue weighted by atomic mass is 10.2. The zero-order valence-electron chi connectivity index (χ0n) is 10.2. The number of aromatic nitrogens is 3. The highest BCUT2D eigenvalue weighted by atomic mass is 79.9. The van der Waals surface area contributed by atoms with Gasteiger partial charge in [-0.2, -0.15) is 5.10 Å². The van der Waals surface area contributed by atoms with Crippen molar-refractivity contribution in [1.29, 1.82) is 0 Å². The maximum atomic E-state index is 10.7. The Kier molecular flexibility index (Phi) is 4.23. The Morgan fingerprint density at radius 3 is 2.84 bits per heavy atom. The molecular weight excluding hydrogens is 314 g/mol. The third kappa shape index (κ3) is 3.83. The van der Waals surface area contributed by atoms with Gasteiger partial charge in [-0.25, -0.2) is 4.98 Å². The van der Waals surface area contributed by atoms with Gasteiger partial charge in [-0.15, -0.1) is 0 Å². The Morgan fingerprint density at radius 2 is 2.21 bits per heavy atom.